The molecule has 1 N–H and O–H groups in total. The second kappa shape index (κ2) is 6.01. The van der Waals surface area contributed by atoms with Crippen molar-refractivity contribution in [1.29, 1.82) is 0 Å². The van der Waals surface area contributed by atoms with E-state index in [2.05, 4.69) is 28.3 Å². The van der Waals surface area contributed by atoms with Gasteiger partial charge in [-0.2, -0.15) is 0 Å². The molecule has 1 fully saturated rings. The summed E-state index contributed by atoms with van der Waals surface area (Å²) in [7, 11) is 0. The minimum absolute atomic E-state index is 0.250. The molecule has 0 bridgehead atoms. The summed E-state index contributed by atoms with van der Waals surface area (Å²) in [6.07, 6.45) is 5.58. The second-order valence-electron chi connectivity index (χ2n) is 5.17. The molecule has 0 aliphatic heterocycles. The van der Waals surface area contributed by atoms with Gasteiger partial charge in [-0.25, -0.2) is 0 Å². The molecule has 1 saturated carbocycles. The minimum Gasteiger partial charge on any atom is -0.411 e. The molecule has 4 heteroatoms. The van der Waals surface area contributed by atoms with E-state index in [1.54, 1.807) is 0 Å². The average Bonchev–Trinajstić information content (AvgIpc) is 2.53. The van der Waals surface area contributed by atoms with Gasteiger partial charge >= 0.3 is 0 Å². The van der Waals surface area contributed by atoms with Gasteiger partial charge in [-0.05, 0) is 31.7 Å². The van der Waals surface area contributed by atoms with Crippen LogP contribution < -0.4 is 0 Å². The zero-order valence-electron chi connectivity index (χ0n) is 11.3. The van der Waals surface area contributed by atoms with Crippen LogP contribution in [0.4, 0.5) is 0 Å². The van der Waals surface area contributed by atoms with E-state index in [0.717, 1.165) is 47.9 Å². The molecule has 1 aromatic carbocycles. The highest BCUT2D eigenvalue weighted by atomic mass is 16.5. The largest absolute Gasteiger partial charge is 0.411 e. The van der Waals surface area contributed by atoms with Gasteiger partial charge in [0.25, 0.3) is 0 Å². The second-order valence-corrected chi connectivity index (χ2v) is 5.17. The van der Waals surface area contributed by atoms with E-state index in [-0.39, 0.29) is 6.10 Å². The van der Waals surface area contributed by atoms with Crippen molar-refractivity contribution >= 4 is 16.6 Å². The highest BCUT2D eigenvalue weighted by molar-refractivity contribution is 5.84. The normalized spacial score (nSPS) is 19.2. The summed E-state index contributed by atoms with van der Waals surface area (Å²) in [4.78, 5) is 4.44. The first-order chi connectivity index (χ1) is 9.86. The molecule has 0 unspecified atom stereocenters. The lowest BCUT2D eigenvalue weighted by Crippen LogP contribution is -2.21. The van der Waals surface area contributed by atoms with Gasteiger partial charge in [-0.15, -0.1) is 0 Å². The Balaban J connectivity index is 1.66. The van der Waals surface area contributed by atoms with Gasteiger partial charge in [0.2, 0.25) is 0 Å². The van der Waals surface area contributed by atoms with E-state index in [0.29, 0.717) is 6.61 Å². The smallest absolute Gasteiger partial charge is 0.0757 e. The van der Waals surface area contributed by atoms with E-state index >= 15 is 0 Å². The molecule has 0 amide bonds. The number of oxime groups is 1. The summed E-state index contributed by atoms with van der Waals surface area (Å²) in [5.74, 6) is 0. The summed E-state index contributed by atoms with van der Waals surface area (Å²) >= 11 is 0. The van der Waals surface area contributed by atoms with Crippen LogP contribution in [0.15, 0.2) is 41.7 Å². The van der Waals surface area contributed by atoms with Crippen LogP contribution in [0.5, 0.6) is 0 Å². The van der Waals surface area contributed by atoms with Crippen LogP contribution in [0.1, 0.15) is 31.2 Å². The first-order valence-corrected chi connectivity index (χ1v) is 7.01. The number of para-hydroxylation sites is 1. The fourth-order valence-corrected chi connectivity index (χ4v) is 2.68. The number of hydrogen-bond donors (Lipinski definition) is 1. The maximum Gasteiger partial charge on any atom is 0.0757 e. The summed E-state index contributed by atoms with van der Waals surface area (Å²) in [5.41, 5.74) is 3.03. The van der Waals surface area contributed by atoms with E-state index < -0.39 is 0 Å². The van der Waals surface area contributed by atoms with E-state index in [1.165, 1.54) is 0 Å². The lowest BCUT2D eigenvalue weighted by atomic mass is 9.96. The predicted octanol–water partition coefficient (Wildman–Crippen LogP) is 3.52. The lowest BCUT2D eigenvalue weighted by molar-refractivity contribution is 0.0282. The van der Waals surface area contributed by atoms with Crippen LogP contribution in [-0.4, -0.2) is 22.0 Å². The van der Waals surface area contributed by atoms with Gasteiger partial charge in [0.05, 0.1) is 23.9 Å². The van der Waals surface area contributed by atoms with Crippen LogP contribution in [0.2, 0.25) is 0 Å². The highest BCUT2D eigenvalue weighted by Gasteiger charge is 2.18. The Hall–Kier alpha value is -1.94. The number of rotatable bonds is 3. The van der Waals surface area contributed by atoms with Crippen LogP contribution >= 0.6 is 0 Å². The number of ether oxygens (including phenoxy) is 1. The molecule has 3 rings (SSSR count). The Kier molecular flexibility index (Phi) is 3.92. The molecular formula is C16H18N2O2. The number of pyridine rings is 1. The molecule has 1 aliphatic carbocycles. The molecule has 20 heavy (non-hydrogen) atoms. The number of fused-ring (bicyclic) bond motifs is 1. The maximum atomic E-state index is 8.74. The van der Waals surface area contributed by atoms with Gasteiger partial charge in [-0.1, -0.05) is 29.4 Å². The van der Waals surface area contributed by atoms with Gasteiger partial charge < -0.3 is 9.94 Å². The van der Waals surface area contributed by atoms with Crippen molar-refractivity contribution in [2.75, 3.05) is 0 Å². The summed E-state index contributed by atoms with van der Waals surface area (Å²) < 4.78 is 5.99. The molecule has 4 nitrogen and oxygen atoms in total. The third-order valence-electron chi connectivity index (χ3n) is 3.84. The first-order valence-electron chi connectivity index (χ1n) is 7.01. The van der Waals surface area contributed by atoms with Gasteiger partial charge in [0.1, 0.15) is 0 Å². The standard InChI is InChI=1S/C16H18N2O2/c19-18-14-6-8-15(9-7-14)20-11-13-4-1-3-12-5-2-10-17-16(12)13/h1-5,10,15,19H,6-9,11H2. The van der Waals surface area contributed by atoms with Crippen molar-refractivity contribution in [3.8, 4) is 0 Å². The lowest BCUT2D eigenvalue weighted by Gasteiger charge is -2.22. The molecule has 1 aromatic heterocycles. The summed E-state index contributed by atoms with van der Waals surface area (Å²) in [6, 6.07) is 10.2. The predicted molar refractivity (Wildman–Crippen MR) is 78.0 cm³/mol. The number of hydrogen-bond acceptors (Lipinski definition) is 4. The average molecular weight is 270 g/mol. The summed E-state index contributed by atoms with van der Waals surface area (Å²) in [5, 5.41) is 13.2. The fourth-order valence-electron chi connectivity index (χ4n) is 2.68. The molecular weight excluding hydrogens is 252 g/mol. The Bertz CT molecular complexity index is 609. The Morgan fingerprint density at radius 3 is 2.80 bits per heavy atom. The third-order valence-corrected chi connectivity index (χ3v) is 3.84. The monoisotopic (exact) mass is 270 g/mol. The molecule has 0 radical (unpaired) electrons. The Labute approximate surface area is 118 Å². The van der Waals surface area contributed by atoms with E-state index in [9.17, 15) is 0 Å². The quantitative estimate of drug-likeness (QED) is 0.685. The highest BCUT2D eigenvalue weighted by Crippen LogP contribution is 2.22. The third kappa shape index (κ3) is 2.80. The Morgan fingerprint density at radius 1 is 1.20 bits per heavy atom. The number of benzene rings is 1. The summed E-state index contributed by atoms with van der Waals surface area (Å²) in [6.45, 7) is 0.588. The first kappa shape index (κ1) is 13.1. The van der Waals surface area contributed by atoms with Crippen molar-refractivity contribution in [2.24, 2.45) is 5.16 Å². The molecule has 0 saturated heterocycles. The SMILES string of the molecule is ON=C1CCC(OCc2cccc3cccnc23)CC1. The van der Waals surface area contributed by atoms with Crippen LogP contribution in [0, 0.1) is 0 Å². The van der Waals surface area contributed by atoms with Crippen molar-refractivity contribution < 1.29 is 9.94 Å². The van der Waals surface area contributed by atoms with Crippen LogP contribution in [0.25, 0.3) is 10.9 Å². The van der Waals surface area contributed by atoms with Gasteiger partial charge in [-0.3, -0.25) is 4.98 Å². The molecule has 0 atom stereocenters. The van der Waals surface area contributed by atoms with Crippen molar-refractivity contribution in [3.05, 3.63) is 42.1 Å². The zero-order chi connectivity index (χ0) is 13.8. The molecule has 104 valence electrons. The maximum absolute atomic E-state index is 8.74. The van der Waals surface area contributed by atoms with Gasteiger partial charge in [0, 0.05) is 17.1 Å². The van der Waals surface area contributed by atoms with Crippen molar-refractivity contribution in [3.63, 3.8) is 0 Å². The number of aromatic nitrogens is 1. The van der Waals surface area contributed by atoms with E-state index in [4.69, 9.17) is 9.94 Å². The topological polar surface area (TPSA) is 54.7 Å². The molecule has 2 aromatic rings. The molecule has 0 spiro atoms. The minimum atomic E-state index is 0.250. The van der Waals surface area contributed by atoms with E-state index in [1.807, 2.05) is 18.3 Å². The van der Waals surface area contributed by atoms with Gasteiger partial charge in [0.15, 0.2) is 0 Å². The zero-order valence-corrected chi connectivity index (χ0v) is 11.3. The van der Waals surface area contributed by atoms with Crippen LogP contribution in [0.3, 0.4) is 0 Å². The van der Waals surface area contributed by atoms with Crippen molar-refractivity contribution in [1.82, 2.24) is 4.98 Å². The molecule has 1 aliphatic rings. The molecule has 1 heterocycles. The fraction of sp³-hybridized carbons (Fsp3) is 0.375. The Morgan fingerprint density at radius 2 is 2.00 bits per heavy atom. The van der Waals surface area contributed by atoms with Crippen molar-refractivity contribution in [2.45, 2.75) is 38.4 Å². The van der Waals surface area contributed by atoms with Crippen LogP contribution in [-0.2, 0) is 11.3 Å². The number of nitrogens with zero attached hydrogens (tertiary/aromatic N) is 2.